The number of hydrogen-bond acceptors (Lipinski definition) is 5. The highest BCUT2D eigenvalue weighted by Gasteiger charge is 2.28. The van der Waals surface area contributed by atoms with E-state index in [1.165, 1.54) is 11.3 Å². The molecule has 2 aromatic heterocycles. The monoisotopic (exact) mass is 387 g/mol. The van der Waals surface area contributed by atoms with Gasteiger partial charge in [-0.05, 0) is 37.1 Å². The summed E-state index contributed by atoms with van der Waals surface area (Å²) in [4.78, 5) is 14.8. The molecule has 4 rings (SSSR count). The molecule has 0 aliphatic carbocycles. The largest absolute Gasteiger partial charge is 0.346 e. The minimum Gasteiger partial charge on any atom is -0.346 e. The Morgan fingerprint density at radius 1 is 1.15 bits per heavy atom. The number of halogens is 1. The van der Waals surface area contributed by atoms with Crippen LogP contribution in [0.1, 0.15) is 12.8 Å². The topological polar surface area (TPSA) is 63.1 Å². The average molecular weight is 388 g/mol. The van der Waals surface area contributed by atoms with Gasteiger partial charge in [0.25, 0.3) is 0 Å². The first-order valence-electron chi connectivity index (χ1n) is 8.48. The van der Waals surface area contributed by atoms with E-state index in [9.17, 15) is 4.79 Å². The van der Waals surface area contributed by atoms with E-state index >= 15 is 0 Å². The number of anilines is 2. The minimum atomic E-state index is -0.0982. The lowest BCUT2D eigenvalue weighted by molar-refractivity contribution is -0.120. The van der Waals surface area contributed by atoms with Gasteiger partial charge in [-0.15, -0.1) is 10.2 Å². The Bertz CT molecular complexity index is 895. The first-order chi connectivity index (χ1) is 12.7. The maximum Gasteiger partial charge on any atom is 0.229 e. The molecule has 3 aromatic rings. The highest BCUT2D eigenvalue weighted by atomic mass is 35.5. The summed E-state index contributed by atoms with van der Waals surface area (Å²) >= 11 is 7.67. The van der Waals surface area contributed by atoms with Gasteiger partial charge >= 0.3 is 0 Å². The second-order valence-electron chi connectivity index (χ2n) is 6.21. The fraction of sp³-hybridized carbons (Fsp3) is 0.278. The zero-order valence-corrected chi connectivity index (χ0v) is 15.6. The smallest absolute Gasteiger partial charge is 0.229 e. The molecule has 0 spiro atoms. The molecule has 1 fully saturated rings. The fourth-order valence-electron chi connectivity index (χ4n) is 3.06. The third kappa shape index (κ3) is 3.59. The molecule has 1 atom stereocenters. The van der Waals surface area contributed by atoms with E-state index < -0.39 is 0 Å². The van der Waals surface area contributed by atoms with Crippen molar-refractivity contribution in [2.24, 2.45) is 5.92 Å². The maximum absolute atomic E-state index is 12.7. The van der Waals surface area contributed by atoms with Crippen LogP contribution in [0.2, 0.25) is 5.02 Å². The minimum absolute atomic E-state index is 0.00190. The van der Waals surface area contributed by atoms with Crippen molar-refractivity contribution in [3.63, 3.8) is 0 Å². The number of carbonyl (C=O) groups excluding carboxylic acids is 1. The zero-order chi connectivity index (χ0) is 17.9. The van der Waals surface area contributed by atoms with E-state index in [0.29, 0.717) is 17.3 Å². The Morgan fingerprint density at radius 3 is 2.73 bits per heavy atom. The summed E-state index contributed by atoms with van der Waals surface area (Å²) in [6, 6.07) is 11.2. The van der Waals surface area contributed by atoms with Crippen molar-refractivity contribution in [2.75, 3.05) is 23.3 Å². The Labute approximate surface area is 160 Å². The predicted molar refractivity (Wildman–Crippen MR) is 104 cm³/mol. The Kier molecular flexibility index (Phi) is 4.90. The zero-order valence-electron chi connectivity index (χ0n) is 14.0. The van der Waals surface area contributed by atoms with Gasteiger partial charge in [-0.25, -0.2) is 0 Å². The summed E-state index contributed by atoms with van der Waals surface area (Å²) in [6.45, 7) is 1.52. The van der Waals surface area contributed by atoms with Crippen LogP contribution in [0.15, 0.2) is 48.8 Å². The van der Waals surface area contributed by atoms with Crippen molar-refractivity contribution < 1.29 is 4.79 Å². The highest BCUT2D eigenvalue weighted by molar-refractivity contribution is 7.17. The van der Waals surface area contributed by atoms with Crippen LogP contribution in [0.4, 0.5) is 10.8 Å². The number of hydrogen-bond donors (Lipinski definition) is 1. The van der Waals surface area contributed by atoms with Gasteiger partial charge < -0.3 is 10.2 Å². The number of nitrogens with one attached hydrogen (secondary N) is 1. The molecule has 0 unspecified atom stereocenters. The van der Waals surface area contributed by atoms with Gasteiger partial charge in [-0.1, -0.05) is 35.1 Å². The lowest BCUT2D eigenvalue weighted by atomic mass is 9.97. The molecule has 8 heteroatoms. The van der Waals surface area contributed by atoms with Crippen LogP contribution in [-0.2, 0) is 4.79 Å². The van der Waals surface area contributed by atoms with E-state index in [-0.39, 0.29) is 11.8 Å². The van der Waals surface area contributed by atoms with Gasteiger partial charge in [0, 0.05) is 25.5 Å². The molecule has 0 bridgehead atoms. The Balaban J connectivity index is 1.44. The first kappa shape index (κ1) is 17.1. The summed E-state index contributed by atoms with van der Waals surface area (Å²) in [5, 5.41) is 13.7. The fourth-order valence-corrected chi connectivity index (χ4v) is 4.10. The normalized spacial score (nSPS) is 17.3. The van der Waals surface area contributed by atoms with Crippen molar-refractivity contribution in [3.05, 3.63) is 53.8 Å². The van der Waals surface area contributed by atoms with Crippen molar-refractivity contribution in [1.29, 1.82) is 0 Å². The van der Waals surface area contributed by atoms with Crippen LogP contribution in [0, 0.1) is 5.92 Å². The predicted octanol–water partition coefficient (Wildman–Crippen LogP) is 3.84. The van der Waals surface area contributed by atoms with E-state index in [1.807, 2.05) is 47.3 Å². The average Bonchev–Trinajstić information content (AvgIpc) is 3.35. The molecule has 1 N–H and O–H groups in total. The van der Waals surface area contributed by atoms with Gasteiger partial charge in [0.1, 0.15) is 0 Å². The maximum atomic E-state index is 12.7. The van der Waals surface area contributed by atoms with Gasteiger partial charge in [0.2, 0.25) is 16.2 Å². The van der Waals surface area contributed by atoms with Crippen LogP contribution in [0.3, 0.4) is 0 Å². The van der Waals surface area contributed by atoms with Crippen LogP contribution < -0.4 is 10.2 Å². The Hall–Kier alpha value is -2.38. The first-order valence-corrected chi connectivity index (χ1v) is 9.67. The van der Waals surface area contributed by atoms with Crippen molar-refractivity contribution in [1.82, 2.24) is 14.8 Å². The second-order valence-corrected chi connectivity index (χ2v) is 7.55. The molecule has 1 amide bonds. The molecular weight excluding hydrogens is 370 g/mol. The molecule has 26 heavy (non-hydrogen) atoms. The van der Waals surface area contributed by atoms with Gasteiger partial charge in [0.15, 0.2) is 0 Å². The van der Waals surface area contributed by atoms with Crippen molar-refractivity contribution >= 4 is 39.7 Å². The summed E-state index contributed by atoms with van der Waals surface area (Å²) in [7, 11) is 0. The Morgan fingerprint density at radius 2 is 1.92 bits per heavy atom. The number of rotatable bonds is 4. The molecule has 6 nitrogen and oxygen atoms in total. The standard InChI is InChI=1S/C18H18ClN5OS/c19-14-7-1-2-8-15(14)20-16(25)13-6-5-11-24(12-13)18-22-21-17(26-18)23-9-3-4-10-23/h1-4,7-10,13H,5-6,11-12H2,(H,20,25)/t13-/m1/s1. The molecular formula is C18H18ClN5OS. The van der Waals surface area contributed by atoms with Crippen LogP contribution in [-0.4, -0.2) is 33.8 Å². The molecule has 1 aliphatic rings. The van der Waals surface area contributed by atoms with Gasteiger partial charge in [-0.2, -0.15) is 0 Å². The number of aromatic nitrogens is 3. The van der Waals surface area contributed by atoms with E-state index in [1.54, 1.807) is 6.07 Å². The quantitative estimate of drug-likeness (QED) is 0.738. The SMILES string of the molecule is O=C(Nc1ccccc1Cl)[C@@H]1CCCN(c2nnc(-n3cccc3)s2)C1. The molecule has 134 valence electrons. The number of benzene rings is 1. The van der Waals surface area contributed by atoms with Crippen LogP contribution in [0.5, 0.6) is 0 Å². The number of carbonyl (C=O) groups is 1. The molecule has 0 saturated carbocycles. The van der Waals surface area contributed by atoms with E-state index in [4.69, 9.17) is 11.6 Å². The number of amides is 1. The summed E-state index contributed by atoms with van der Waals surface area (Å²) in [6.07, 6.45) is 5.69. The van der Waals surface area contributed by atoms with E-state index in [0.717, 1.165) is 29.6 Å². The number of piperidine rings is 1. The van der Waals surface area contributed by atoms with Crippen LogP contribution in [0.25, 0.3) is 5.13 Å². The molecule has 1 saturated heterocycles. The molecule has 1 aliphatic heterocycles. The molecule has 0 radical (unpaired) electrons. The lowest BCUT2D eigenvalue weighted by Gasteiger charge is -2.31. The van der Waals surface area contributed by atoms with Gasteiger partial charge in [0.05, 0.1) is 16.6 Å². The van der Waals surface area contributed by atoms with Crippen molar-refractivity contribution in [3.8, 4) is 5.13 Å². The summed E-state index contributed by atoms with van der Waals surface area (Å²) < 4.78 is 1.94. The highest BCUT2D eigenvalue weighted by Crippen LogP contribution is 2.29. The summed E-state index contributed by atoms with van der Waals surface area (Å²) in [5.74, 6) is -0.100. The van der Waals surface area contributed by atoms with E-state index in [2.05, 4.69) is 20.4 Å². The second kappa shape index (κ2) is 7.47. The molecule has 1 aromatic carbocycles. The third-order valence-corrected chi connectivity index (χ3v) is 5.75. The summed E-state index contributed by atoms with van der Waals surface area (Å²) in [5.41, 5.74) is 0.655. The lowest BCUT2D eigenvalue weighted by Crippen LogP contribution is -2.40. The number of nitrogens with zero attached hydrogens (tertiary/aromatic N) is 4. The third-order valence-electron chi connectivity index (χ3n) is 4.42. The van der Waals surface area contributed by atoms with Gasteiger partial charge in [-0.3, -0.25) is 9.36 Å². The van der Waals surface area contributed by atoms with Crippen molar-refractivity contribution in [2.45, 2.75) is 12.8 Å². The van der Waals surface area contributed by atoms with Crippen LogP contribution >= 0.6 is 22.9 Å². The molecule has 3 heterocycles. The number of para-hydroxylation sites is 1.